The quantitative estimate of drug-likeness (QED) is 0.172. The molecule has 0 aliphatic rings. The summed E-state index contributed by atoms with van der Waals surface area (Å²) in [7, 11) is 0. The van der Waals surface area contributed by atoms with Gasteiger partial charge in [-0.25, -0.2) is 0 Å². The second kappa shape index (κ2) is 11.8. The first kappa shape index (κ1) is 30.5. The first-order chi connectivity index (χ1) is 27.3. The fourth-order valence-corrected chi connectivity index (χ4v) is 10.1. The fraction of sp³-hybridized carbons (Fsp3) is 0. The topological polar surface area (TPSA) is 9.86 Å². The van der Waals surface area contributed by atoms with E-state index in [2.05, 4.69) is 203 Å². The van der Waals surface area contributed by atoms with E-state index in [1.54, 1.807) is 0 Å². The SMILES string of the molecule is c1ccc(-c2ccc(-n3c4ccccc4c4cc(-c5ccc6c(c5)c5ccc7c8ccccc8sc7c5n6-c5ccc6ccccc6c5)ccc43)cc2)cc1. The van der Waals surface area contributed by atoms with Gasteiger partial charge in [-0.2, -0.15) is 0 Å². The van der Waals surface area contributed by atoms with Crippen molar-refractivity contribution in [2.24, 2.45) is 0 Å². The molecule has 0 fully saturated rings. The number of thiophene rings is 1. The summed E-state index contributed by atoms with van der Waals surface area (Å²) in [6.45, 7) is 0. The minimum absolute atomic E-state index is 1.16. The summed E-state index contributed by atoms with van der Waals surface area (Å²) in [5.41, 5.74) is 12.1. The normalized spacial score (nSPS) is 12.0. The third kappa shape index (κ3) is 4.60. The van der Waals surface area contributed by atoms with Gasteiger partial charge in [-0.3, -0.25) is 0 Å². The highest BCUT2D eigenvalue weighted by molar-refractivity contribution is 7.26. The Kier molecular flexibility index (Phi) is 6.54. The lowest BCUT2D eigenvalue weighted by atomic mass is 10.0. The Balaban J connectivity index is 1.06. The van der Waals surface area contributed by atoms with Crippen molar-refractivity contribution in [3.63, 3.8) is 0 Å². The maximum Gasteiger partial charge on any atom is 0.0719 e. The lowest BCUT2D eigenvalue weighted by molar-refractivity contribution is 1.18. The van der Waals surface area contributed by atoms with Crippen molar-refractivity contribution in [1.29, 1.82) is 0 Å². The Labute approximate surface area is 321 Å². The van der Waals surface area contributed by atoms with Crippen molar-refractivity contribution in [2.75, 3.05) is 0 Å². The van der Waals surface area contributed by atoms with Crippen LogP contribution in [0.25, 0.3) is 108 Å². The Morgan fingerprint density at radius 2 is 0.891 bits per heavy atom. The fourth-order valence-electron chi connectivity index (χ4n) is 8.91. The van der Waals surface area contributed by atoms with Gasteiger partial charge in [-0.05, 0) is 93.7 Å². The smallest absolute Gasteiger partial charge is 0.0719 e. The molecule has 0 bridgehead atoms. The highest BCUT2D eigenvalue weighted by Gasteiger charge is 2.20. The molecule has 0 amide bonds. The van der Waals surface area contributed by atoms with Gasteiger partial charge >= 0.3 is 0 Å². The van der Waals surface area contributed by atoms with Crippen molar-refractivity contribution in [3.8, 4) is 33.6 Å². The summed E-state index contributed by atoms with van der Waals surface area (Å²) in [6.07, 6.45) is 0. The lowest BCUT2D eigenvalue weighted by Crippen LogP contribution is -1.94. The van der Waals surface area contributed by atoms with Crippen LogP contribution in [0.1, 0.15) is 0 Å². The largest absolute Gasteiger partial charge is 0.309 e. The van der Waals surface area contributed by atoms with Gasteiger partial charge in [0.2, 0.25) is 0 Å². The molecular formula is C52H32N2S. The summed E-state index contributed by atoms with van der Waals surface area (Å²) in [4.78, 5) is 0. The van der Waals surface area contributed by atoms with Gasteiger partial charge in [0, 0.05) is 48.4 Å². The predicted molar refractivity (Wildman–Crippen MR) is 236 cm³/mol. The minimum Gasteiger partial charge on any atom is -0.309 e. The van der Waals surface area contributed by atoms with Crippen molar-refractivity contribution >= 4 is 85.9 Å². The number of hydrogen-bond donors (Lipinski definition) is 0. The maximum atomic E-state index is 2.50. The van der Waals surface area contributed by atoms with E-state index in [9.17, 15) is 0 Å². The molecule has 9 aromatic carbocycles. The summed E-state index contributed by atoms with van der Waals surface area (Å²) >= 11 is 1.90. The predicted octanol–water partition coefficient (Wildman–Crippen LogP) is 14.7. The van der Waals surface area contributed by atoms with Gasteiger partial charge in [0.15, 0.2) is 0 Å². The van der Waals surface area contributed by atoms with Crippen LogP contribution in [0.15, 0.2) is 194 Å². The Hall–Kier alpha value is -6.94. The van der Waals surface area contributed by atoms with Crippen LogP contribution in [0, 0.1) is 0 Å². The van der Waals surface area contributed by atoms with E-state index in [4.69, 9.17) is 0 Å². The van der Waals surface area contributed by atoms with Crippen LogP contribution in [0.4, 0.5) is 0 Å². The van der Waals surface area contributed by atoms with Crippen LogP contribution < -0.4 is 0 Å². The van der Waals surface area contributed by atoms with E-state index in [1.807, 2.05) is 11.3 Å². The molecule has 0 saturated heterocycles. The molecule has 256 valence electrons. The van der Waals surface area contributed by atoms with E-state index in [1.165, 1.54) is 102 Å². The molecule has 2 nitrogen and oxygen atoms in total. The summed E-state index contributed by atoms with van der Waals surface area (Å²) < 4.78 is 7.55. The number of para-hydroxylation sites is 1. The molecule has 0 saturated carbocycles. The molecule has 0 aliphatic heterocycles. The minimum atomic E-state index is 1.16. The molecule has 0 N–H and O–H groups in total. The zero-order chi connectivity index (χ0) is 36.0. The highest BCUT2D eigenvalue weighted by Crippen LogP contribution is 2.44. The van der Waals surface area contributed by atoms with Crippen LogP contribution in [0.5, 0.6) is 0 Å². The molecule has 3 aromatic heterocycles. The molecular weight excluding hydrogens is 685 g/mol. The van der Waals surface area contributed by atoms with E-state index in [0.717, 1.165) is 5.69 Å². The number of rotatable bonds is 4. The number of fused-ring (bicyclic) bond motifs is 11. The van der Waals surface area contributed by atoms with Crippen LogP contribution in [0.3, 0.4) is 0 Å². The van der Waals surface area contributed by atoms with Crippen molar-refractivity contribution in [2.45, 2.75) is 0 Å². The first-order valence-corrected chi connectivity index (χ1v) is 19.7. The zero-order valence-electron chi connectivity index (χ0n) is 29.8. The standard InChI is InChI=1S/C52H32N2S/c1-2-10-33(11-3-1)35-18-23-39(24-19-35)53-47-16-8-6-14-41(47)45-31-37(21-28-48(45)53)38-22-29-49-46(32-38)43-26-27-44-42-15-7-9-17-50(42)55-52(44)51(43)54(49)40-25-20-34-12-4-5-13-36(34)30-40/h1-32H. The maximum absolute atomic E-state index is 2.50. The van der Waals surface area contributed by atoms with E-state index < -0.39 is 0 Å². The lowest BCUT2D eigenvalue weighted by Gasteiger charge is -2.11. The number of hydrogen-bond acceptors (Lipinski definition) is 1. The molecule has 3 heteroatoms. The molecule has 55 heavy (non-hydrogen) atoms. The van der Waals surface area contributed by atoms with Crippen LogP contribution in [-0.4, -0.2) is 9.13 Å². The van der Waals surface area contributed by atoms with E-state index in [0.29, 0.717) is 0 Å². The molecule has 3 heterocycles. The van der Waals surface area contributed by atoms with Crippen molar-refractivity contribution < 1.29 is 0 Å². The molecule has 0 radical (unpaired) electrons. The average Bonchev–Trinajstić information content (AvgIpc) is 3.91. The summed E-state index contributed by atoms with van der Waals surface area (Å²) in [5, 5.41) is 10.2. The van der Waals surface area contributed by atoms with Gasteiger partial charge < -0.3 is 9.13 Å². The van der Waals surface area contributed by atoms with Crippen LogP contribution >= 0.6 is 11.3 Å². The average molecular weight is 717 g/mol. The molecule has 0 aliphatic carbocycles. The summed E-state index contributed by atoms with van der Waals surface area (Å²) in [6, 6.07) is 71.4. The third-order valence-electron chi connectivity index (χ3n) is 11.5. The van der Waals surface area contributed by atoms with Crippen molar-refractivity contribution in [1.82, 2.24) is 9.13 Å². The molecule has 0 spiro atoms. The first-order valence-electron chi connectivity index (χ1n) is 18.8. The second-order valence-electron chi connectivity index (χ2n) is 14.5. The Bertz CT molecular complexity index is 3470. The van der Waals surface area contributed by atoms with Crippen molar-refractivity contribution in [3.05, 3.63) is 194 Å². The highest BCUT2D eigenvalue weighted by atomic mass is 32.1. The monoisotopic (exact) mass is 716 g/mol. The molecule has 0 atom stereocenters. The Morgan fingerprint density at radius 1 is 0.309 bits per heavy atom. The van der Waals surface area contributed by atoms with E-state index in [-0.39, 0.29) is 0 Å². The van der Waals surface area contributed by atoms with Gasteiger partial charge in [0.05, 0.1) is 26.8 Å². The van der Waals surface area contributed by atoms with E-state index >= 15 is 0 Å². The van der Waals surface area contributed by atoms with Gasteiger partial charge in [0.25, 0.3) is 0 Å². The molecule has 0 unspecified atom stereocenters. The second-order valence-corrected chi connectivity index (χ2v) is 15.6. The third-order valence-corrected chi connectivity index (χ3v) is 12.7. The number of benzene rings is 9. The summed E-state index contributed by atoms with van der Waals surface area (Å²) in [5.74, 6) is 0. The zero-order valence-corrected chi connectivity index (χ0v) is 30.6. The number of nitrogens with zero attached hydrogens (tertiary/aromatic N) is 2. The van der Waals surface area contributed by atoms with Crippen LogP contribution in [0.2, 0.25) is 0 Å². The molecule has 12 rings (SSSR count). The van der Waals surface area contributed by atoms with Crippen LogP contribution in [-0.2, 0) is 0 Å². The number of aromatic nitrogens is 2. The Morgan fingerprint density at radius 3 is 1.71 bits per heavy atom. The molecule has 12 aromatic rings. The van der Waals surface area contributed by atoms with Gasteiger partial charge in [-0.15, -0.1) is 11.3 Å². The van der Waals surface area contributed by atoms with Gasteiger partial charge in [0.1, 0.15) is 0 Å². The van der Waals surface area contributed by atoms with Gasteiger partial charge in [-0.1, -0.05) is 133 Å².